The molecule has 0 aromatic heterocycles. The Labute approximate surface area is 109 Å². The Kier molecular flexibility index (Phi) is 6.59. The van der Waals surface area contributed by atoms with E-state index in [1.165, 1.54) is 7.11 Å². The summed E-state index contributed by atoms with van der Waals surface area (Å²) in [7, 11) is -1.97. The maximum absolute atomic E-state index is 11.6. The quantitative estimate of drug-likeness (QED) is 0.611. The van der Waals surface area contributed by atoms with Crippen LogP contribution in [0.1, 0.15) is 32.1 Å². The molecule has 1 saturated heterocycles. The molecule has 1 fully saturated rings. The first-order valence-corrected chi connectivity index (χ1v) is 7.96. The van der Waals surface area contributed by atoms with Gasteiger partial charge in [-0.25, -0.2) is 13.1 Å². The molecule has 0 aliphatic carbocycles. The molecule has 0 saturated carbocycles. The Balaban J connectivity index is 2.12. The number of sulfonamides is 1. The first-order chi connectivity index (χ1) is 8.53. The number of hydrogen-bond donors (Lipinski definition) is 2. The zero-order valence-electron chi connectivity index (χ0n) is 10.8. The largest absolute Gasteiger partial charge is 0.469 e. The van der Waals surface area contributed by atoms with E-state index in [9.17, 15) is 13.2 Å². The van der Waals surface area contributed by atoms with E-state index in [4.69, 9.17) is 0 Å². The third-order valence-electron chi connectivity index (χ3n) is 3.00. The SMILES string of the molecule is COC(=O)CCCS(=O)(=O)NCC[C@@H]1CCCN1. The van der Waals surface area contributed by atoms with E-state index < -0.39 is 10.0 Å². The van der Waals surface area contributed by atoms with Gasteiger partial charge in [0.1, 0.15) is 0 Å². The van der Waals surface area contributed by atoms with Gasteiger partial charge >= 0.3 is 5.97 Å². The predicted octanol–water partition coefficient (Wildman–Crippen LogP) is 0.00110. The van der Waals surface area contributed by atoms with Gasteiger partial charge in [0, 0.05) is 19.0 Å². The summed E-state index contributed by atoms with van der Waals surface area (Å²) >= 11 is 0. The van der Waals surface area contributed by atoms with Gasteiger partial charge in [0.25, 0.3) is 0 Å². The van der Waals surface area contributed by atoms with E-state index in [1.807, 2.05) is 0 Å². The Morgan fingerprint density at radius 2 is 2.28 bits per heavy atom. The molecule has 0 aromatic carbocycles. The summed E-state index contributed by atoms with van der Waals surface area (Å²) in [4.78, 5) is 10.8. The van der Waals surface area contributed by atoms with E-state index in [0.29, 0.717) is 19.0 Å². The maximum Gasteiger partial charge on any atom is 0.305 e. The standard InChI is InChI=1S/C11H22N2O4S/c1-17-11(14)5-3-9-18(15,16)13-8-6-10-4-2-7-12-10/h10,12-13H,2-9H2,1H3/t10-/m0/s1. The molecule has 0 unspecified atom stereocenters. The number of esters is 1. The van der Waals surface area contributed by atoms with Crippen molar-refractivity contribution < 1.29 is 17.9 Å². The number of carbonyl (C=O) groups is 1. The molecule has 1 atom stereocenters. The summed E-state index contributed by atoms with van der Waals surface area (Å²) in [6.45, 7) is 1.48. The number of nitrogens with one attached hydrogen (secondary N) is 2. The smallest absolute Gasteiger partial charge is 0.305 e. The van der Waals surface area contributed by atoms with Crippen molar-refractivity contribution in [2.45, 2.75) is 38.1 Å². The minimum Gasteiger partial charge on any atom is -0.469 e. The van der Waals surface area contributed by atoms with Gasteiger partial charge in [-0.2, -0.15) is 0 Å². The second-order valence-electron chi connectivity index (χ2n) is 4.47. The lowest BCUT2D eigenvalue weighted by Crippen LogP contribution is -2.32. The number of hydrogen-bond acceptors (Lipinski definition) is 5. The van der Waals surface area contributed by atoms with Crippen LogP contribution in [0.4, 0.5) is 0 Å². The van der Waals surface area contributed by atoms with Gasteiger partial charge < -0.3 is 10.1 Å². The zero-order chi connectivity index (χ0) is 13.4. The van der Waals surface area contributed by atoms with Crippen LogP contribution >= 0.6 is 0 Å². The zero-order valence-corrected chi connectivity index (χ0v) is 11.6. The van der Waals surface area contributed by atoms with Crippen LogP contribution in [0, 0.1) is 0 Å². The number of rotatable bonds is 8. The van der Waals surface area contributed by atoms with Crippen molar-refractivity contribution in [2.24, 2.45) is 0 Å². The fraction of sp³-hybridized carbons (Fsp3) is 0.909. The van der Waals surface area contributed by atoms with E-state index >= 15 is 0 Å². The van der Waals surface area contributed by atoms with Crippen molar-refractivity contribution in [3.8, 4) is 0 Å². The molecule has 1 aliphatic rings. The topological polar surface area (TPSA) is 84.5 Å². The Hall–Kier alpha value is -0.660. The number of ether oxygens (including phenoxy) is 1. The number of methoxy groups -OCH3 is 1. The van der Waals surface area contributed by atoms with Gasteiger partial charge in [-0.1, -0.05) is 0 Å². The average Bonchev–Trinajstić information content (AvgIpc) is 2.81. The van der Waals surface area contributed by atoms with Crippen LogP contribution < -0.4 is 10.0 Å². The Morgan fingerprint density at radius 3 is 2.89 bits per heavy atom. The van der Waals surface area contributed by atoms with Crippen LogP contribution in [0.15, 0.2) is 0 Å². The highest BCUT2D eigenvalue weighted by Crippen LogP contribution is 2.07. The maximum atomic E-state index is 11.6. The summed E-state index contributed by atoms with van der Waals surface area (Å²) in [5, 5.41) is 3.31. The van der Waals surface area contributed by atoms with Crippen LogP contribution in [-0.2, 0) is 19.6 Å². The van der Waals surface area contributed by atoms with Crippen molar-refractivity contribution in [3.05, 3.63) is 0 Å². The fourth-order valence-corrected chi connectivity index (χ4v) is 3.07. The van der Waals surface area contributed by atoms with Gasteiger partial charge in [-0.3, -0.25) is 4.79 Å². The average molecular weight is 278 g/mol. The predicted molar refractivity (Wildman–Crippen MR) is 68.7 cm³/mol. The molecule has 7 heteroatoms. The first-order valence-electron chi connectivity index (χ1n) is 6.31. The van der Waals surface area contributed by atoms with Crippen molar-refractivity contribution in [1.29, 1.82) is 0 Å². The third kappa shape index (κ3) is 6.32. The fourth-order valence-electron chi connectivity index (χ4n) is 1.97. The second kappa shape index (κ2) is 7.70. The molecule has 6 nitrogen and oxygen atoms in total. The van der Waals surface area contributed by atoms with Crippen LogP contribution in [0.5, 0.6) is 0 Å². The van der Waals surface area contributed by atoms with Crippen molar-refractivity contribution in [3.63, 3.8) is 0 Å². The summed E-state index contributed by atoms with van der Waals surface area (Å²) in [6, 6.07) is 0.433. The Morgan fingerprint density at radius 1 is 1.50 bits per heavy atom. The van der Waals surface area contributed by atoms with Gasteiger partial charge in [-0.05, 0) is 32.2 Å². The summed E-state index contributed by atoms with van der Waals surface area (Å²) in [6.07, 6.45) is 3.53. The lowest BCUT2D eigenvalue weighted by atomic mass is 10.2. The molecule has 2 N–H and O–H groups in total. The van der Waals surface area contributed by atoms with Gasteiger partial charge in [0.05, 0.1) is 12.9 Å². The third-order valence-corrected chi connectivity index (χ3v) is 4.47. The molecular formula is C11H22N2O4S. The first kappa shape index (κ1) is 15.4. The van der Waals surface area contributed by atoms with E-state index in [0.717, 1.165) is 25.8 Å². The molecule has 0 aromatic rings. The summed E-state index contributed by atoms with van der Waals surface area (Å²) < 4.78 is 30.2. The Bertz CT molecular complexity index is 350. The highest BCUT2D eigenvalue weighted by molar-refractivity contribution is 7.89. The van der Waals surface area contributed by atoms with E-state index in [-0.39, 0.29) is 18.1 Å². The summed E-state index contributed by atoms with van der Waals surface area (Å²) in [5.74, 6) is -0.402. The van der Waals surface area contributed by atoms with Crippen LogP contribution in [0.2, 0.25) is 0 Å². The molecule has 0 radical (unpaired) electrons. The summed E-state index contributed by atoms with van der Waals surface area (Å²) in [5.41, 5.74) is 0. The van der Waals surface area contributed by atoms with Crippen molar-refractivity contribution in [1.82, 2.24) is 10.0 Å². The molecule has 1 heterocycles. The minimum absolute atomic E-state index is 0.0276. The normalized spacial score (nSPS) is 19.9. The lowest BCUT2D eigenvalue weighted by molar-refractivity contribution is -0.140. The van der Waals surface area contributed by atoms with Crippen molar-refractivity contribution >= 4 is 16.0 Å². The molecule has 1 aliphatic heterocycles. The molecular weight excluding hydrogens is 256 g/mol. The molecule has 18 heavy (non-hydrogen) atoms. The second-order valence-corrected chi connectivity index (χ2v) is 6.40. The van der Waals surface area contributed by atoms with Crippen LogP contribution in [0.25, 0.3) is 0 Å². The highest BCUT2D eigenvalue weighted by atomic mass is 32.2. The van der Waals surface area contributed by atoms with E-state index in [2.05, 4.69) is 14.8 Å². The van der Waals surface area contributed by atoms with Gasteiger partial charge in [-0.15, -0.1) is 0 Å². The van der Waals surface area contributed by atoms with E-state index in [1.54, 1.807) is 0 Å². The number of carbonyl (C=O) groups excluding carboxylic acids is 1. The molecule has 0 spiro atoms. The molecule has 0 amide bonds. The minimum atomic E-state index is -3.26. The molecule has 106 valence electrons. The van der Waals surface area contributed by atoms with Gasteiger partial charge in [0.2, 0.25) is 10.0 Å². The van der Waals surface area contributed by atoms with Gasteiger partial charge in [0.15, 0.2) is 0 Å². The van der Waals surface area contributed by atoms with Crippen molar-refractivity contribution in [2.75, 3.05) is 26.0 Å². The highest BCUT2D eigenvalue weighted by Gasteiger charge is 2.15. The van der Waals surface area contributed by atoms with Crippen LogP contribution in [0.3, 0.4) is 0 Å². The monoisotopic (exact) mass is 278 g/mol. The lowest BCUT2D eigenvalue weighted by Gasteiger charge is -2.11. The molecule has 0 bridgehead atoms. The van der Waals surface area contributed by atoms with Crippen LogP contribution in [-0.4, -0.2) is 46.4 Å². The molecule has 1 rings (SSSR count).